The number of halogens is 2. The molecule has 2 aliphatic carbocycles. The van der Waals surface area contributed by atoms with Crippen LogP contribution in [0.5, 0.6) is 0 Å². The Kier molecular flexibility index (Phi) is 8.33. The van der Waals surface area contributed by atoms with Crippen LogP contribution >= 0.6 is 24.8 Å². The van der Waals surface area contributed by atoms with Crippen molar-refractivity contribution in [1.82, 2.24) is 0 Å². The van der Waals surface area contributed by atoms with E-state index >= 15 is 0 Å². The van der Waals surface area contributed by atoms with Crippen LogP contribution < -0.4 is 3.27 Å². The van der Waals surface area contributed by atoms with E-state index in [4.69, 9.17) is 0 Å². The van der Waals surface area contributed by atoms with Gasteiger partial charge in [0.25, 0.3) is 0 Å². The molecule has 0 amide bonds. The summed E-state index contributed by atoms with van der Waals surface area (Å²) in [5.74, 6) is 0. The third kappa shape index (κ3) is 4.57. The molecular formula is C44H38Cl2SiZr. The molecule has 0 aliphatic heterocycles. The standard InChI is InChI=1S/C24H17.C13H9.C6H5.CH3.2ClH.H2Si.Zr/c1-16-13-14-17-8-6-12-22(24(16)17)23-15-18-7-2-3-9-19(18)20-10-4-5-11-21(20)23;1-3-7-12-10(5-1)9-11-6-2-4-8-13(11)12;1-2-4-6-5-3-1;;;;;/h2-15H,1H3;1-9H;1-5H;1H3;2*1H;1H2;. The molecule has 4 heteroatoms. The number of benzene rings is 7. The van der Waals surface area contributed by atoms with Gasteiger partial charge in [-0.2, -0.15) is 0 Å². The summed E-state index contributed by atoms with van der Waals surface area (Å²) < 4.78 is 5.11. The monoisotopic (exact) mass is 754 g/mol. The van der Waals surface area contributed by atoms with Gasteiger partial charge in [0.1, 0.15) is 0 Å². The first-order valence-corrected chi connectivity index (χ1v) is 28.9. The van der Waals surface area contributed by atoms with E-state index in [0.29, 0.717) is 7.25 Å². The third-order valence-electron chi connectivity index (χ3n) is 11.4. The summed E-state index contributed by atoms with van der Waals surface area (Å²) >= 11 is -4.15. The Bertz CT molecular complexity index is 2440. The first kappa shape index (κ1) is 33.0. The first-order valence-electron chi connectivity index (χ1n) is 16.5. The molecule has 0 fully saturated rings. The van der Waals surface area contributed by atoms with Crippen LogP contribution in [0.25, 0.3) is 49.4 Å². The largest absolute Gasteiger partial charge is 0.147 e. The van der Waals surface area contributed by atoms with Gasteiger partial charge >= 0.3 is 276 Å². The normalized spacial score (nSPS) is 15.2. The number of rotatable bonds is 4. The van der Waals surface area contributed by atoms with E-state index in [0.717, 1.165) is 0 Å². The van der Waals surface area contributed by atoms with Gasteiger partial charge in [-0.3, -0.25) is 0 Å². The van der Waals surface area contributed by atoms with E-state index in [1.807, 2.05) is 0 Å². The quantitative estimate of drug-likeness (QED) is 0.124. The zero-order valence-electron chi connectivity index (χ0n) is 27.2. The topological polar surface area (TPSA) is 0 Å². The van der Waals surface area contributed by atoms with E-state index in [9.17, 15) is 0 Å². The molecule has 0 bridgehead atoms. The predicted octanol–water partition coefficient (Wildman–Crippen LogP) is 11.3. The SMILES string of the molecule is CC1=C[CH]([Zr]([CH3])(=[SiH2])([c]2ccccc2)[CH]2c3ccccc3-c3ccccc32)c2cccc(-c3cc4ccccc4c4ccccc34)c21.Cl.Cl. The summed E-state index contributed by atoms with van der Waals surface area (Å²) in [5, 5.41) is 5.27. The van der Waals surface area contributed by atoms with Crippen molar-refractivity contribution in [2.45, 2.75) is 18.8 Å². The Hall–Kier alpha value is -3.52. The van der Waals surface area contributed by atoms with Gasteiger partial charge in [-0.1, -0.05) is 0 Å². The van der Waals surface area contributed by atoms with E-state index in [2.05, 4.69) is 176 Å². The molecule has 0 spiro atoms. The zero-order chi connectivity index (χ0) is 31.1. The van der Waals surface area contributed by atoms with Crippen molar-refractivity contribution in [2.24, 2.45) is 0 Å². The Morgan fingerprint density at radius 1 is 0.500 bits per heavy atom. The van der Waals surface area contributed by atoms with E-state index in [-0.39, 0.29) is 24.8 Å². The molecule has 0 radical (unpaired) electrons. The molecule has 0 N–H and O–H groups in total. The zero-order valence-corrected chi connectivity index (χ0v) is 32.7. The maximum Gasteiger partial charge on any atom is -0.147 e. The van der Waals surface area contributed by atoms with Crippen molar-refractivity contribution >= 4 is 62.1 Å². The van der Waals surface area contributed by atoms with Gasteiger partial charge in [0, 0.05) is 0 Å². The van der Waals surface area contributed by atoms with Gasteiger partial charge in [0.05, 0.1) is 0 Å². The fraction of sp³-hybridized carbons (Fsp3) is 0.0909. The van der Waals surface area contributed by atoms with Crippen LogP contribution in [0.15, 0.2) is 158 Å². The van der Waals surface area contributed by atoms with Gasteiger partial charge in [-0.25, -0.2) is 0 Å². The fourth-order valence-electron chi connectivity index (χ4n) is 9.32. The molecule has 1 atom stereocenters. The predicted molar refractivity (Wildman–Crippen MR) is 212 cm³/mol. The Morgan fingerprint density at radius 3 is 1.71 bits per heavy atom. The van der Waals surface area contributed by atoms with Crippen LogP contribution in [0.2, 0.25) is 4.63 Å². The van der Waals surface area contributed by atoms with Crippen molar-refractivity contribution in [2.75, 3.05) is 0 Å². The summed E-state index contributed by atoms with van der Waals surface area (Å²) in [6.45, 7) is 4.80. The van der Waals surface area contributed by atoms with Crippen molar-refractivity contribution in [3.05, 3.63) is 180 Å². The van der Waals surface area contributed by atoms with Crippen molar-refractivity contribution in [1.29, 1.82) is 0 Å². The van der Waals surface area contributed by atoms with E-state index in [1.54, 1.807) is 3.27 Å². The second-order valence-electron chi connectivity index (χ2n) is 14.0. The second-order valence-corrected chi connectivity index (χ2v) is 40.4. The Morgan fingerprint density at radius 2 is 1.02 bits per heavy atom. The van der Waals surface area contributed by atoms with Crippen LogP contribution in [0.4, 0.5) is 0 Å². The number of fused-ring (bicyclic) bond motifs is 7. The van der Waals surface area contributed by atoms with Gasteiger partial charge in [-0.15, -0.1) is 24.8 Å². The molecule has 7 aromatic carbocycles. The molecule has 2 aliphatic rings. The minimum absolute atomic E-state index is 0. The van der Waals surface area contributed by atoms with Crippen LogP contribution in [-0.4, -0.2) is 6.88 Å². The third-order valence-corrected chi connectivity index (χ3v) is 34.6. The average Bonchev–Trinajstić information content (AvgIpc) is 3.65. The number of allylic oxidation sites excluding steroid dienone is 2. The van der Waals surface area contributed by atoms with Crippen molar-refractivity contribution in [3.63, 3.8) is 0 Å². The fourth-order valence-corrected chi connectivity index (χ4v) is 30.7. The molecule has 0 saturated carbocycles. The van der Waals surface area contributed by atoms with E-state index < -0.39 is 17.4 Å². The van der Waals surface area contributed by atoms with E-state index in [1.165, 1.54) is 71.6 Å². The second kappa shape index (κ2) is 12.1. The molecule has 0 nitrogen and oxygen atoms in total. The van der Waals surface area contributed by atoms with Crippen LogP contribution in [0.1, 0.15) is 36.4 Å². The molecule has 0 heterocycles. The maximum atomic E-state index is 2.76. The summed E-state index contributed by atoms with van der Waals surface area (Å²) in [7, 11) is 0. The molecule has 9 rings (SSSR count). The molecule has 1 unspecified atom stereocenters. The summed E-state index contributed by atoms with van der Waals surface area (Å²) in [6, 6.07) is 57.6. The van der Waals surface area contributed by atoms with Crippen LogP contribution in [-0.2, 0) is 17.4 Å². The van der Waals surface area contributed by atoms with Crippen molar-refractivity contribution in [3.8, 4) is 22.3 Å². The van der Waals surface area contributed by atoms with Crippen molar-refractivity contribution < 1.29 is 17.4 Å². The molecular weight excluding hydrogens is 719 g/mol. The van der Waals surface area contributed by atoms with Gasteiger partial charge in [0.15, 0.2) is 0 Å². The number of hydrogen-bond acceptors (Lipinski definition) is 0. The van der Waals surface area contributed by atoms with Crippen LogP contribution in [0.3, 0.4) is 0 Å². The average molecular weight is 757 g/mol. The van der Waals surface area contributed by atoms with Gasteiger partial charge in [-0.05, 0) is 0 Å². The Balaban J connectivity index is 0.00000182. The summed E-state index contributed by atoms with van der Waals surface area (Å²) in [6.07, 6.45) is 2.69. The minimum Gasteiger partial charge on any atom is -0.147 e. The van der Waals surface area contributed by atoms with Gasteiger partial charge < -0.3 is 0 Å². The minimum atomic E-state index is -4.15. The Labute approximate surface area is 298 Å². The molecule has 0 aromatic heterocycles. The van der Waals surface area contributed by atoms with Crippen LogP contribution in [0, 0.1) is 0 Å². The van der Waals surface area contributed by atoms with Gasteiger partial charge in [0.2, 0.25) is 0 Å². The number of hydrogen-bond donors (Lipinski definition) is 0. The molecule has 0 saturated heterocycles. The summed E-state index contributed by atoms with van der Waals surface area (Å²) in [4.78, 5) is 0. The first-order chi connectivity index (χ1) is 22.4. The molecule has 7 aromatic rings. The molecule has 236 valence electrons. The smallest absolute Gasteiger partial charge is 0.147 e. The molecule has 48 heavy (non-hydrogen) atoms. The summed E-state index contributed by atoms with van der Waals surface area (Å²) in [5.41, 5.74) is 12.9. The maximum absolute atomic E-state index is 4.15.